The van der Waals surface area contributed by atoms with Gasteiger partial charge in [-0.05, 0) is 19.8 Å². The van der Waals surface area contributed by atoms with Gasteiger partial charge in [0.15, 0.2) is 0 Å². The van der Waals surface area contributed by atoms with E-state index in [0.29, 0.717) is 26.3 Å². The van der Waals surface area contributed by atoms with Crippen LogP contribution in [0.2, 0.25) is 0 Å². The van der Waals surface area contributed by atoms with Crippen molar-refractivity contribution in [3.63, 3.8) is 0 Å². The molecule has 2 aliphatic heterocycles. The molecule has 0 aromatic heterocycles. The summed E-state index contributed by atoms with van der Waals surface area (Å²) in [5.41, 5.74) is 0. The summed E-state index contributed by atoms with van der Waals surface area (Å²) in [4.78, 5) is 13.3. The van der Waals surface area contributed by atoms with Crippen LogP contribution in [0.15, 0.2) is 0 Å². The number of ether oxygens (including phenoxy) is 2. The summed E-state index contributed by atoms with van der Waals surface area (Å²) >= 11 is 0. The van der Waals surface area contributed by atoms with Crippen LogP contribution in [-0.4, -0.2) is 60.5 Å². The van der Waals surface area contributed by atoms with Crippen LogP contribution in [0.5, 0.6) is 0 Å². The Kier molecular flexibility index (Phi) is 3.78. The van der Waals surface area contributed by atoms with E-state index in [1.165, 1.54) is 0 Å². The third kappa shape index (κ3) is 2.53. The number of hydrogen-bond acceptors (Lipinski definition) is 4. The highest BCUT2D eigenvalue weighted by atomic mass is 16.5. The van der Waals surface area contributed by atoms with E-state index in [1.54, 1.807) is 0 Å². The fourth-order valence-electron chi connectivity index (χ4n) is 2.47. The van der Waals surface area contributed by atoms with Gasteiger partial charge in [0.25, 0.3) is 0 Å². The standard InChI is InChI=1S/C11H19NO4/c1-8-2-3-9(16-8)10(11(13)14)12-4-6-15-7-5-12/h8-10H,2-7H2,1H3,(H,13,14). The van der Waals surface area contributed by atoms with Crippen molar-refractivity contribution in [2.45, 2.75) is 38.0 Å². The number of aliphatic carboxylic acids is 1. The molecule has 5 nitrogen and oxygen atoms in total. The van der Waals surface area contributed by atoms with Gasteiger partial charge in [-0.1, -0.05) is 0 Å². The highest BCUT2D eigenvalue weighted by Crippen LogP contribution is 2.25. The number of hydrogen-bond donors (Lipinski definition) is 1. The summed E-state index contributed by atoms with van der Waals surface area (Å²) in [5, 5.41) is 9.31. The van der Waals surface area contributed by atoms with E-state index < -0.39 is 12.0 Å². The van der Waals surface area contributed by atoms with Crippen molar-refractivity contribution in [1.29, 1.82) is 0 Å². The maximum atomic E-state index is 11.3. The molecule has 0 radical (unpaired) electrons. The molecule has 16 heavy (non-hydrogen) atoms. The van der Waals surface area contributed by atoms with E-state index in [0.717, 1.165) is 12.8 Å². The van der Waals surface area contributed by atoms with Crippen LogP contribution in [0, 0.1) is 0 Å². The molecule has 2 fully saturated rings. The van der Waals surface area contributed by atoms with Gasteiger partial charge in [0.05, 0.1) is 25.4 Å². The van der Waals surface area contributed by atoms with E-state index in [1.807, 2.05) is 11.8 Å². The lowest BCUT2D eigenvalue weighted by Gasteiger charge is -2.34. The molecule has 0 aromatic rings. The van der Waals surface area contributed by atoms with Gasteiger partial charge < -0.3 is 14.6 Å². The summed E-state index contributed by atoms with van der Waals surface area (Å²) in [6.07, 6.45) is 1.83. The summed E-state index contributed by atoms with van der Waals surface area (Å²) in [7, 11) is 0. The predicted molar refractivity (Wildman–Crippen MR) is 57.4 cm³/mol. The molecule has 3 unspecified atom stereocenters. The van der Waals surface area contributed by atoms with E-state index in [2.05, 4.69) is 0 Å². The van der Waals surface area contributed by atoms with Gasteiger partial charge in [-0.2, -0.15) is 0 Å². The monoisotopic (exact) mass is 229 g/mol. The molecule has 2 heterocycles. The molecule has 2 saturated heterocycles. The fraction of sp³-hybridized carbons (Fsp3) is 0.909. The van der Waals surface area contributed by atoms with E-state index >= 15 is 0 Å². The van der Waals surface area contributed by atoms with Gasteiger partial charge in [0.2, 0.25) is 0 Å². The van der Waals surface area contributed by atoms with Crippen LogP contribution in [0.3, 0.4) is 0 Å². The van der Waals surface area contributed by atoms with E-state index in [4.69, 9.17) is 9.47 Å². The van der Waals surface area contributed by atoms with Gasteiger partial charge in [-0.15, -0.1) is 0 Å². The Balaban J connectivity index is 2.01. The molecule has 0 amide bonds. The third-order valence-electron chi connectivity index (χ3n) is 3.31. The first kappa shape index (κ1) is 11.8. The largest absolute Gasteiger partial charge is 0.480 e. The molecule has 2 rings (SSSR count). The minimum atomic E-state index is -0.777. The molecule has 0 bridgehead atoms. The predicted octanol–water partition coefficient (Wildman–Crippen LogP) is 0.339. The molecule has 0 saturated carbocycles. The highest BCUT2D eigenvalue weighted by Gasteiger charge is 2.38. The molecule has 0 aromatic carbocycles. The first-order valence-corrected chi connectivity index (χ1v) is 5.88. The zero-order valence-electron chi connectivity index (χ0n) is 9.59. The highest BCUT2D eigenvalue weighted by molar-refractivity contribution is 5.74. The molecular weight excluding hydrogens is 210 g/mol. The van der Waals surface area contributed by atoms with Gasteiger partial charge in [0, 0.05) is 13.1 Å². The third-order valence-corrected chi connectivity index (χ3v) is 3.31. The molecular formula is C11H19NO4. The number of carboxylic acids is 1. The molecule has 2 aliphatic rings. The van der Waals surface area contributed by atoms with Crippen molar-refractivity contribution in [2.24, 2.45) is 0 Å². The molecule has 0 spiro atoms. The van der Waals surface area contributed by atoms with Gasteiger partial charge in [-0.25, -0.2) is 0 Å². The number of carbonyl (C=O) groups is 1. The molecule has 92 valence electrons. The minimum Gasteiger partial charge on any atom is -0.480 e. The fourth-order valence-corrected chi connectivity index (χ4v) is 2.47. The van der Waals surface area contributed by atoms with Gasteiger partial charge in [0.1, 0.15) is 6.04 Å². The SMILES string of the molecule is CC1CCC(C(C(=O)O)N2CCOCC2)O1. The van der Waals surface area contributed by atoms with E-state index in [9.17, 15) is 9.90 Å². The maximum absolute atomic E-state index is 11.3. The summed E-state index contributed by atoms with van der Waals surface area (Å²) in [6, 6.07) is -0.506. The molecule has 5 heteroatoms. The Labute approximate surface area is 95.3 Å². The lowest BCUT2D eigenvalue weighted by molar-refractivity contribution is -0.152. The zero-order chi connectivity index (χ0) is 11.5. The van der Waals surface area contributed by atoms with Crippen molar-refractivity contribution in [3.05, 3.63) is 0 Å². The zero-order valence-corrected chi connectivity index (χ0v) is 9.59. The van der Waals surface area contributed by atoms with Crippen LogP contribution in [0.25, 0.3) is 0 Å². The van der Waals surface area contributed by atoms with Crippen LogP contribution >= 0.6 is 0 Å². The average molecular weight is 229 g/mol. The Morgan fingerprint density at radius 1 is 1.38 bits per heavy atom. The Bertz CT molecular complexity index is 248. The number of morpholine rings is 1. The second-order valence-corrected chi connectivity index (χ2v) is 4.49. The number of carboxylic acid groups (broad SMARTS) is 1. The maximum Gasteiger partial charge on any atom is 0.323 e. The van der Waals surface area contributed by atoms with Crippen LogP contribution < -0.4 is 0 Å². The van der Waals surface area contributed by atoms with Crippen molar-refractivity contribution < 1.29 is 19.4 Å². The molecule has 3 atom stereocenters. The van der Waals surface area contributed by atoms with Crippen LogP contribution in [-0.2, 0) is 14.3 Å². The molecule has 1 N–H and O–H groups in total. The van der Waals surface area contributed by atoms with Crippen molar-refractivity contribution in [2.75, 3.05) is 26.3 Å². The number of rotatable bonds is 3. The lowest BCUT2D eigenvalue weighted by Crippen LogP contribution is -2.53. The number of nitrogens with zero attached hydrogens (tertiary/aromatic N) is 1. The normalized spacial score (nSPS) is 33.8. The Morgan fingerprint density at radius 2 is 2.06 bits per heavy atom. The minimum absolute atomic E-state index is 0.161. The van der Waals surface area contributed by atoms with Crippen molar-refractivity contribution in [3.8, 4) is 0 Å². The summed E-state index contributed by atoms with van der Waals surface area (Å²) in [5.74, 6) is -0.777. The quantitative estimate of drug-likeness (QED) is 0.756. The smallest absolute Gasteiger partial charge is 0.323 e. The van der Waals surface area contributed by atoms with Gasteiger partial charge in [-0.3, -0.25) is 9.69 Å². The van der Waals surface area contributed by atoms with Crippen molar-refractivity contribution >= 4 is 5.97 Å². The van der Waals surface area contributed by atoms with Crippen LogP contribution in [0.1, 0.15) is 19.8 Å². The summed E-state index contributed by atoms with van der Waals surface area (Å²) in [6.45, 7) is 4.60. The second-order valence-electron chi connectivity index (χ2n) is 4.49. The molecule has 0 aliphatic carbocycles. The summed E-state index contributed by atoms with van der Waals surface area (Å²) < 4.78 is 10.9. The van der Waals surface area contributed by atoms with Crippen LogP contribution in [0.4, 0.5) is 0 Å². The van der Waals surface area contributed by atoms with Gasteiger partial charge >= 0.3 is 5.97 Å². The first-order chi connectivity index (χ1) is 7.68. The van der Waals surface area contributed by atoms with Crippen molar-refractivity contribution in [1.82, 2.24) is 4.90 Å². The topological polar surface area (TPSA) is 59.0 Å². The Hall–Kier alpha value is -0.650. The average Bonchev–Trinajstić information content (AvgIpc) is 2.66. The first-order valence-electron chi connectivity index (χ1n) is 5.88. The second kappa shape index (κ2) is 5.12. The lowest BCUT2D eigenvalue weighted by atomic mass is 10.1. The Morgan fingerprint density at radius 3 is 2.56 bits per heavy atom. The van der Waals surface area contributed by atoms with E-state index in [-0.39, 0.29) is 12.2 Å².